The number of carbonyl (C=O) groups is 1. The lowest BCUT2D eigenvalue weighted by Gasteiger charge is -2.11. The molecule has 0 aliphatic heterocycles. The van der Waals surface area contributed by atoms with Crippen molar-refractivity contribution in [1.82, 2.24) is 10.6 Å². The molecule has 0 atom stereocenters. The van der Waals surface area contributed by atoms with Gasteiger partial charge in [-0.25, -0.2) is 4.79 Å². The number of rotatable bonds is 7. The van der Waals surface area contributed by atoms with E-state index in [2.05, 4.69) is 50.5 Å². The maximum atomic E-state index is 11.4. The highest BCUT2D eigenvalue weighted by Crippen LogP contribution is 2.18. The summed E-state index contributed by atoms with van der Waals surface area (Å²) in [6, 6.07) is 7.94. The van der Waals surface area contributed by atoms with Crippen LogP contribution in [0.4, 0.5) is 4.79 Å². The van der Waals surface area contributed by atoms with Gasteiger partial charge < -0.3 is 15.4 Å². The van der Waals surface area contributed by atoms with E-state index < -0.39 is 0 Å². The molecular formula is C16H26N2O2. The highest BCUT2D eigenvalue weighted by molar-refractivity contribution is 5.73. The van der Waals surface area contributed by atoms with Crippen molar-refractivity contribution in [1.29, 1.82) is 0 Å². The summed E-state index contributed by atoms with van der Waals surface area (Å²) in [6.45, 7) is 10.1. The van der Waals surface area contributed by atoms with Crippen molar-refractivity contribution >= 4 is 6.03 Å². The Morgan fingerprint density at radius 2 is 1.75 bits per heavy atom. The van der Waals surface area contributed by atoms with E-state index in [-0.39, 0.29) is 6.03 Å². The lowest BCUT2D eigenvalue weighted by Crippen LogP contribution is -2.39. The van der Waals surface area contributed by atoms with E-state index in [4.69, 9.17) is 4.74 Å². The normalized spacial score (nSPS) is 10.7. The molecular weight excluding hydrogens is 252 g/mol. The Morgan fingerprint density at radius 3 is 2.30 bits per heavy atom. The first-order valence-electron chi connectivity index (χ1n) is 7.23. The Hall–Kier alpha value is -1.71. The molecule has 4 nitrogen and oxygen atoms in total. The Kier molecular flexibility index (Phi) is 6.91. The van der Waals surface area contributed by atoms with Crippen LogP contribution in [0.5, 0.6) is 5.75 Å². The summed E-state index contributed by atoms with van der Waals surface area (Å²) in [5, 5.41) is 5.56. The topological polar surface area (TPSA) is 50.4 Å². The summed E-state index contributed by atoms with van der Waals surface area (Å²) in [4.78, 5) is 11.4. The second-order valence-corrected chi connectivity index (χ2v) is 5.60. The predicted molar refractivity (Wildman–Crippen MR) is 82.3 cm³/mol. The number of benzene rings is 1. The van der Waals surface area contributed by atoms with Gasteiger partial charge in [0.05, 0.1) is 6.54 Å². The van der Waals surface area contributed by atoms with Gasteiger partial charge in [-0.2, -0.15) is 0 Å². The number of hydrogen-bond donors (Lipinski definition) is 2. The zero-order valence-corrected chi connectivity index (χ0v) is 12.9. The highest BCUT2D eigenvalue weighted by Gasteiger charge is 2.02. The number of nitrogens with one attached hydrogen (secondary N) is 2. The summed E-state index contributed by atoms with van der Waals surface area (Å²) in [5.41, 5.74) is 1.29. The van der Waals surface area contributed by atoms with Crippen LogP contribution in [0.25, 0.3) is 0 Å². The number of amides is 2. The van der Waals surface area contributed by atoms with Gasteiger partial charge in [0.2, 0.25) is 0 Å². The molecule has 0 spiro atoms. The smallest absolute Gasteiger partial charge is 0.314 e. The number of hydrogen-bond acceptors (Lipinski definition) is 2. The maximum Gasteiger partial charge on any atom is 0.314 e. The van der Waals surface area contributed by atoms with E-state index in [1.807, 2.05) is 12.1 Å². The van der Waals surface area contributed by atoms with Crippen LogP contribution in [0, 0.1) is 5.92 Å². The van der Waals surface area contributed by atoms with Gasteiger partial charge in [-0.3, -0.25) is 0 Å². The van der Waals surface area contributed by atoms with Crippen LogP contribution in [0.2, 0.25) is 0 Å². The monoisotopic (exact) mass is 278 g/mol. The Morgan fingerprint density at radius 1 is 1.10 bits per heavy atom. The Bertz CT molecular complexity index is 399. The number of urea groups is 1. The van der Waals surface area contributed by atoms with Gasteiger partial charge >= 0.3 is 6.03 Å². The zero-order chi connectivity index (χ0) is 15.0. The van der Waals surface area contributed by atoms with Gasteiger partial charge in [0.15, 0.2) is 0 Å². The summed E-state index contributed by atoms with van der Waals surface area (Å²) >= 11 is 0. The van der Waals surface area contributed by atoms with Crippen LogP contribution in [-0.4, -0.2) is 25.7 Å². The molecule has 0 bridgehead atoms. The fourth-order valence-corrected chi connectivity index (χ4v) is 1.64. The average molecular weight is 278 g/mol. The highest BCUT2D eigenvalue weighted by atomic mass is 16.5. The third kappa shape index (κ3) is 6.45. The van der Waals surface area contributed by atoms with Gasteiger partial charge in [-0.1, -0.05) is 39.8 Å². The second-order valence-electron chi connectivity index (χ2n) is 5.60. The average Bonchev–Trinajstić information content (AvgIpc) is 2.42. The quantitative estimate of drug-likeness (QED) is 0.753. The molecule has 1 aromatic carbocycles. The molecule has 0 radical (unpaired) electrons. The van der Waals surface area contributed by atoms with Crippen LogP contribution >= 0.6 is 0 Å². The molecule has 0 unspecified atom stereocenters. The molecule has 0 aromatic heterocycles. The molecule has 112 valence electrons. The molecule has 0 aliphatic rings. The second kappa shape index (κ2) is 8.46. The van der Waals surface area contributed by atoms with Crippen LogP contribution in [0.3, 0.4) is 0 Å². The number of carbonyl (C=O) groups excluding carboxylic acids is 1. The zero-order valence-electron chi connectivity index (χ0n) is 12.9. The van der Waals surface area contributed by atoms with Crippen molar-refractivity contribution in [3.8, 4) is 5.75 Å². The molecule has 4 heteroatoms. The first kappa shape index (κ1) is 16.3. The molecule has 0 aliphatic carbocycles. The molecule has 0 saturated heterocycles. The molecule has 2 N–H and O–H groups in total. The van der Waals surface area contributed by atoms with Crippen LogP contribution in [0.1, 0.15) is 39.2 Å². The molecule has 1 rings (SSSR count). The van der Waals surface area contributed by atoms with Crippen molar-refractivity contribution in [2.45, 2.75) is 33.6 Å². The summed E-state index contributed by atoms with van der Waals surface area (Å²) in [7, 11) is 0. The fraction of sp³-hybridized carbons (Fsp3) is 0.562. The fourth-order valence-electron chi connectivity index (χ4n) is 1.64. The van der Waals surface area contributed by atoms with E-state index in [9.17, 15) is 4.79 Å². The third-order valence-corrected chi connectivity index (χ3v) is 2.87. The van der Waals surface area contributed by atoms with Crippen molar-refractivity contribution in [2.75, 3.05) is 19.7 Å². The minimum atomic E-state index is -0.141. The molecule has 20 heavy (non-hydrogen) atoms. The molecule has 0 saturated carbocycles. The van der Waals surface area contributed by atoms with E-state index in [1.165, 1.54) is 5.56 Å². The van der Waals surface area contributed by atoms with E-state index in [1.54, 1.807) is 0 Å². The van der Waals surface area contributed by atoms with Crippen LogP contribution < -0.4 is 15.4 Å². The van der Waals surface area contributed by atoms with Gasteiger partial charge in [0.1, 0.15) is 12.4 Å². The maximum absolute atomic E-state index is 11.4. The summed E-state index contributed by atoms with van der Waals surface area (Å²) in [5.74, 6) is 1.81. The SMILES string of the molecule is CC(C)CNC(=O)NCCOc1ccc(C(C)C)cc1. The third-order valence-electron chi connectivity index (χ3n) is 2.87. The standard InChI is InChI=1S/C16H26N2O2/c1-12(2)11-18-16(19)17-9-10-20-15-7-5-14(6-8-15)13(3)4/h5-8,12-13H,9-11H2,1-4H3,(H2,17,18,19). The summed E-state index contributed by atoms with van der Waals surface area (Å²) < 4.78 is 5.57. The molecule has 0 heterocycles. The van der Waals surface area contributed by atoms with Crippen molar-refractivity contribution < 1.29 is 9.53 Å². The molecule has 2 amide bonds. The first-order valence-corrected chi connectivity index (χ1v) is 7.23. The van der Waals surface area contributed by atoms with Crippen molar-refractivity contribution in [3.63, 3.8) is 0 Å². The Balaban J connectivity index is 2.19. The van der Waals surface area contributed by atoms with Gasteiger partial charge in [0.25, 0.3) is 0 Å². The van der Waals surface area contributed by atoms with Gasteiger partial charge in [0, 0.05) is 6.54 Å². The predicted octanol–water partition coefficient (Wildman–Crippen LogP) is 3.14. The van der Waals surface area contributed by atoms with Crippen molar-refractivity contribution in [2.24, 2.45) is 5.92 Å². The Labute approximate surface area is 121 Å². The van der Waals surface area contributed by atoms with Crippen LogP contribution in [-0.2, 0) is 0 Å². The molecule has 1 aromatic rings. The van der Waals surface area contributed by atoms with Gasteiger partial charge in [-0.05, 0) is 29.5 Å². The largest absolute Gasteiger partial charge is 0.492 e. The number of ether oxygens (including phenoxy) is 1. The minimum absolute atomic E-state index is 0.141. The lowest BCUT2D eigenvalue weighted by molar-refractivity contribution is 0.235. The minimum Gasteiger partial charge on any atom is -0.492 e. The van der Waals surface area contributed by atoms with Crippen LogP contribution in [0.15, 0.2) is 24.3 Å². The van der Waals surface area contributed by atoms with Crippen molar-refractivity contribution in [3.05, 3.63) is 29.8 Å². The van der Waals surface area contributed by atoms with E-state index in [0.29, 0.717) is 31.5 Å². The van der Waals surface area contributed by atoms with E-state index in [0.717, 1.165) is 5.75 Å². The lowest BCUT2D eigenvalue weighted by atomic mass is 10.0. The molecule has 0 fully saturated rings. The van der Waals surface area contributed by atoms with E-state index >= 15 is 0 Å². The first-order chi connectivity index (χ1) is 9.49. The van der Waals surface area contributed by atoms with Gasteiger partial charge in [-0.15, -0.1) is 0 Å². The summed E-state index contributed by atoms with van der Waals surface area (Å²) in [6.07, 6.45) is 0.